The molecule has 6 nitrogen and oxygen atoms in total. The van der Waals surface area contributed by atoms with Crippen molar-refractivity contribution in [3.05, 3.63) is 70.5 Å². The SMILES string of the molecule is C=CCn1c(=NC(=O)C2CCN(S(=O)(=O)c3ccc(C)cc3)CC2)sc2cc(Cl)ccc21. The van der Waals surface area contributed by atoms with E-state index in [1.165, 1.54) is 15.6 Å². The zero-order valence-electron chi connectivity index (χ0n) is 17.7. The molecule has 0 saturated carbocycles. The summed E-state index contributed by atoms with van der Waals surface area (Å²) in [4.78, 5) is 18.2. The standard InChI is InChI=1S/C23H24ClN3O3S2/c1-3-12-27-20-9-6-18(24)15-21(20)31-23(27)25-22(28)17-10-13-26(14-11-17)32(29,30)19-7-4-16(2)5-8-19/h3-9,15,17H,1,10-14H2,2H3. The molecule has 0 N–H and O–H groups in total. The zero-order chi connectivity index (χ0) is 22.9. The number of hydrogen-bond acceptors (Lipinski definition) is 4. The fraction of sp³-hybridized carbons (Fsp3) is 0.304. The van der Waals surface area contributed by atoms with Gasteiger partial charge < -0.3 is 4.57 Å². The number of thiazole rings is 1. The second kappa shape index (κ2) is 9.31. The summed E-state index contributed by atoms with van der Waals surface area (Å²) < 4.78 is 30.2. The topological polar surface area (TPSA) is 71.7 Å². The molecule has 32 heavy (non-hydrogen) atoms. The van der Waals surface area contributed by atoms with Crippen LogP contribution in [0.4, 0.5) is 0 Å². The minimum absolute atomic E-state index is 0.215. The van der Waals surface area contributed by atoms with E-state index in [4.69, 9.17) is 11.6 Å². The molecule has 2 heterocycles. The van der Waals surface area contributed by atoms with Crippen LogP contribution in [0.3, 0.4) is 0 Å². The van der Waals surface area contributed by atoms with E-state index in [9.17, 15) is 13.2 Å². The quantitative estimate of drug-likeness (QED) is 0.499. The Morgan fingerprint density at radius 3 is 2.56 bits per heavy atom. The highest BCUT2D eigenvalue weighted by Gasteiger charge is 2.32. The second-order valence-electron chi connectivity index (χ2n) is 7.84. The molecule has 1 aliphatic heterocycles. The summed E-state index contributed by atoms with van der Waals surface area (Å²) in [5.74, 6) is -0.515. The van der Waals surface area contributed by atoms with Crippen LogP contribution in [0.2, 0.25) is 5.02 Å². The monoisotopic (exact) mass is 489 g/mol. The number of hydrogen-bond donors (Lipinski definition) is 0. The van der Waals surface area contributed by atoms with Gasteiger partial charge in [0.25, 0.3) is 5.91 Å². The van der Waals surface area contributed by atoms with Gasteiger partial charge in [0.1, 0.15) is 0 Å². The molecule has 1 saturated heterocycles. The molecule has 0 aliphatic carbocycles. The lowest BCUT2D eigenvalue weighted by molar-refractivity contribution is -0.122. The van der Waals surface area contributed by atoms with Crippen LogP contribution in [0, 0.1) is 12.8 Å². The maximum Gasteiger partial charge on any atom is 0.251 e. The van der Waals surface area contributed by atoms with Crippen molar-refractivity contribution in [1.82, 2.24) is 8.87 Å². The van der Waals surface area contributed by atoms with Gasteiger partial charge in [-0.25, -0.2) is 8.42 Å². The molecule has 0 spiro atoms. The van der Waals surface area contributed by atoms with Crippen molar-refractivity contribution in [3.8, 4) is 0 Å². The number of piperidine rings is 1. The van der Waals surface area contributed by atoms with Crippen LogP contribution in [-0.4, -0.2) is 36.3 Å². The van der Waals surface area contributed by atoms with E-state index in [1.54, 1.807) is 30.3 Å². The largest absolute Gasteiger partial charge is 0.313 e. The minimum atomic E-state index is -3.56. The first kappa shape index (κ1) is 22.9. The first-order valence-electron chi connectivity index (χ1n) is 10.3. The molecule has 0 bridgehead atoms. The number of benzene rings is 2. The van der Waals surface area contributed by atoms with Crippen molar-refractivity contribution < 1.29 is 13.2 Å². The van der Waals surface area contributed by atoms with E-state index in [-0.39, 0.29) is 16.7 Å². The molecule has 4 rings (SSSR count). The Labute approximate surface area is 196 Å². The van der Waals surface area contributed by atoms with Crippen LogP contribution in [0.15, 0.2) is 65.0 Å². The Bertz CT molecular complexity index is 1330. The van der Waals surface area contributed by atoms with E-state index >= 15 is 0 Å². The molecule has 0 unspecified atom stereocenters. The van der Waals surface area contributed by atoms with E-state index in [2.05, 4.69) is 11.6 Å². The van der Waals surface area contributed by atoms with Gasteiger partial charge in [0.2, 0.25) is 10.0 Å². The highest BCUT2D eigenvalue weighted by molar-refractivity contribution is 7.89. The number of sulfonamides is 1. The van der Waals surface area contributed by atoms with E-state index < -0.39 is 10.0 Å². The average molecular weight is 490 g/mol. The third-order valence-electron chi connectivity index (χ3n) is 5.62. The second-order valence-corrected chi connectivity index (χ2v) is 11.2. The Morgan fingerprint density at radius 2 is 1.91 bits per heavy atom. The number of rotatable bonds is 5. The zero-order valence-corrected chi connectivity index (χ0v) is 20.1. The number of aryl methyl sites for hydroxylation is 1. The van der Waals surface area contributed by atoms with Gasteiger partial charge in [-0.15, -0.1) is 6.58 Å². The van der Waals surface area contributed by atoms with Crippen molar-refractivity contribution in [1.29, 1.82) is 0 Å². The lowest BCUT2D eigenvalue weighted by Gasteiger charge is -2.29. The maximum absolute atomic E-state index is 12.9. The van der Waals surface area contributed by atoms with Gasteiger partial charge in [-0.3, -0.25) is 4.79 Å². The fourth-order valence-corrected chi connectivity index (χ4v) is 6.62. The Morgan fingerprint density at radius 1 is 1.22 bits per heavy atom. The molecule has 2 aromatic carbocycles. The first-order valence-corrected chi connectivity index (χ1v) is 13.0. The Kier molecular flexibility index (Phi) is 6.67. The van der Waals surface area contributed by atoms with Crippen LogP contribution >= 0.6 is 22.9 Å². The fourth-order valence-electron chi connectivity index (χ4n) is 3.83. The molecule has 9 heteroatoms. The summed E-state index contributed by atoms with van der Waals surface area (Å²) in [7, 11) is -3.56. The summed E-state index contributed by atoms with van der Waals surface area (Å²) in [5, 5.41) is 0.629. The lowest BCUT2D eigenvalue weighted by atomic mass is 9.98. The Balaban J connectivity index is 1.53. The predicted octanol–water partition coefficient (Wildman–Crippen LogP) is 4.38. The highest BCUT2D eigenvalue weighted by atomic mass is 35.5. The van der Waals surface area contributed by atoms with Gasteiger partial charge in [-0.2, -0.15) is 9.30 Å². The molecule has 0 atom stereocenters. The molecular weight excluding hydrogens is 466 g/mol. The minimum Gasteiger partial charge on any atom is -0.313 e. The maximum atomic E-state index is 12.9. The number of carbonyl (C=O) groups excluding carboxylic acids is 1. The molecular formula is C23H24ClN3O3S2. The average Bonchev–Trinajstić information content (AvgIpc) is 3.10. The van der Waals surface area contributed by atoms with Crippen molar-refractivity contribution >= 4 is 49.1 Å². The number of allylic oxidation sites excluding steroid dienone is 1. The molecule has 1 fully saturated rings. The van der Waals surface area contributed by atoms with Crippen LogP contribution in [0.25, 0.3) is 10.2 Å². The third-order valence-corrected chi connectivity index (χ3v) is 8.81. The number of fused-ring (bicyclic) bond motifs is 1. The highest BCUT2D eigenvalue weighted by Crippen LogP contribution is 2.26. The van der Waals surface area contributed by atoms with Crippen molar-refractivity contribution in [2.24, 2.45) is 10.9 Å². The number of halogens is 1. The van der Waals surface area contributed by atoms with Gasteiger partial charge in [0, 0.05) is 30.6 Å². The number of nitrogens with zero attached hydrogens (tertiary/aromatic N) is 3. The summed E-state index contributed by atoms with van der Waals surface area (Å²) in [6, 6.07) is 12.4. The third kappa shape index (κ3) is 4.59. The normalized spacial score (nSPS) is 16.5. The first-order chi connectivity index (χ1) is 15.3. The summed E-state index contributed by atoms with van der Waals surface area (Å²) in [6.45, 7) is 6.85. The summed E-state index contributed by atoms with van der Waals surface area (Å²) in [5.41, 5.74) is 1.96. The van der Waals surface area contributed by atoms with Gasteiger partial charge >= 0.3 is 0 Å². The van der Waals surface area contributed by atoms with Crippen LogP contribution in [0.5, 0.6) is 0 Å². The van der Waals surface area contributed by atoms with Gasteiger partial charge in [-0.1, -0.05) is 46.7 Å². The van der Waals surface area contributed by atoms with Crippen molar-refractivity contribution in [2.45, 2.75) is 31.2 Å². The summed E-state index contributed by atoms with van der Waals surface area (Å²) in [6.07, 6.45) is 2.66. The van der Waals surface area contributed by atoms with Crippen molar-refractivity contribution in [3.63, 3.8) is 0 Å². The van der Waals surface area contributed by atoms with Crippen LogP contribution < -0.4 is 4.80 Å². The molecule has 1 aliphatic rings. The summed E-state index contributed by atoms with van der Waals surface area (Å²) >= 11 is 7.52. The van der Waals surface area contributed by atoms with E-state index in [0.29, 0.717) is 42.3 Å². The molecule has 3 aromatic rings. The number of amides is 1. The lowest BCUT2D eigenvalue weighted by Crippen LogP contribution is -2.40. The number of aromatic nitrogens is 1. The molecule has 0 radical (unpaired) electrons. The van der Waals surface area contributed by atoms with Gasteiger partial charge in [-0.05, 0) is 50.1 Å². The molecule has 1 aromatic heterocycles. The smallest absolute Gasteiger partial charge is 0.251 e. The molecule has 168 valence electrons. The number of carbonyl (C=O) groups is 1. The van der Waals surface area contributed by atoms with Crippen molar-refractivity contribution in [2.75, 3.05) is 13.1 Å². The Hall–Kier alpha value is -2.26. The predicted molar refractivity (Wildman–Crippen MR) is 128 cm³/mol. The van der Waals surface area contributed by atoms with E-state index in [0.717, 1.165) is 15.8 Å². The van der Waals surface area contributed by atoms with Gasteiger partial charge in [0.15, 0.2) is 4.80 Å². The van der Waals surface area contributed by atoms with Gasteiger partial charge in [0.05, 0.1) is 15.1 Å². The van der Waals surface area contributed by atoms with Crippen LogP contribution in [0.1, 0.15) is 18.4 Å². The van der Waals surface area contributed by atoms with Crippen LogP contribution in [-0.2, 0) is 21.4 Å². The molecule has 1 amide bonds. The van der Waals surface area contributed by atoms with E-state index in [1.807, 2.05) is 29.7 Å².